The molecule has 0 bridgehead atoms. The van der Waals surface area contributed by atoms with Crippen molar-refractivity contribution in [2.75, 3.05) is 26.3 Å². The second-order valence-corrected chi connectivity index (χ2v) is 4.15. The van der Waals surface area contributed by atoms with Gasteiger partial charge in [-0.1, -0.05) is 0 Å². The van der Waals surface area contributed by atoms with E-state index in [4.69, 9.17) is 9.84 Å². The lowest BCUT2D eigenvalue weighted by atomic mass is 9.72. The Morgan fingerprint density at radius 2 is 2.29 bits per heavy atom. The number of rotatable bonds is 1. The maximum atomic E-state index is 14.2. The van der Waals surface area contributed by atoms with Crippen LogP contribution in [0.25, 0.3) is 0 Å². The molecular formula is C9H14FNO3. The number of ether oxygens (including phenoxy) is 1. The predicted molar refractivity (Wildman–Crippen MR) is 46.8 cm³/mol. The molecule has 2 fully saturated rings. The average Bonchev–Trinajstić information content (AvgIpc) is 2.47. The van der Waals surface area contributed by atoms with E-state index in [1.807, 2.05) is 0 Å². The van der Waals surface area contributed by atoms with Crippen molar-refractivity contribution in [1.82, 2.24) is 5.32 Å². The molecule has 2 heterocycles. The molecule has 0 radical (unpaired) electrons. The van der Waals surface area contributed by atoms with Crippen molar-refractivity contribution in [3.05, 3.63) is 0 Å². The molecule has 2 unspecified atom stereocenters. The number of carbonyl (C=O) groups is 1. The summed E-state index contributed by atoms with van der Waals surface area (Å²) in [6.45, 7) is 1.11. The van der Waals surface area contributed by atoms with Crippen molar-refractivity contribution < 1.29 is 19.0 Å². The van der Waals surface area contributed by atoms with Crippen LogP contribution in [0, 0.1) is 5.41 Å². The highest BCUT2D eigenvalue weighted by Gasteiger charge is 2.61. The lowest BCUT2D eigenvalue weighted by molar-refractivity contribution is -0.164. The monoisotopic (exact) mass is 203 g/mol. The second kappa shape index (κ2) is 3.17. The molecule has 2 rings (SSSR count). The highest BCUT2D eigenvalue weighted by atomic mass is 19.1. The molecule has 2 aliphatic rings. The van der Waals surface area contributed by atoms with Gasteiger partial charge in [0.15, 0.2) is 0 Å². The summed E-state index contributed by atoms with van der Waals surface area (Å²) in [6.07, 6.45) is 1.32. The Morgan fingerprint density at radius 3 is 2.86 bits per heavy atom. The SMILES string of the molecule is O=C(O)C1(F)CNCC12CCCOC2. The van der Waals surface area contributed by atoms with Crippen LogP contribution in [0.2, 0.25) is 0 Å². The van der Waals surface area contributed by atoms with E-state index in [2.05, 4.69) is 5.32 Å². The molecule has 80 valence electrons. The summed E-state index contributed by atoms with van der Waals surface area (Å²) in [6, 6.07) is 0. The number of hydrogen-bond acceptors (Lipinski definition) is 3. The number of hydrogen-bond donors (Lipinski definition) is 2. The van der Waals surface area contributed by atoms with Crippen LogP contribution in [0.3, 0.4) is 0 Å². The molecule has 2 N–H and O–H groups in total. The van der Waals surface area contributed by atoms with Gasteiger partial charge in [0.2, 0.25) is 5.67 Å². The maximum absolute atomic E-state index is 14.2. The summed E-state index contributed by atoms with van der Waals surface area (Å²) >= 11 is 0. The minimum atomic E-state index is -2.16. The van der Waals surface area contributed by atoms with Gasteiger partial charge in [-0.3, -0.25) is 0 Å². The van der Waals surface area contributed by atoms with E-state index in [0.717, 1.165) is 6.42 Å². The first-order chi connectivity index (χ1) is 6.61. The molecule has 2 aliphatic heterocycles. The molecule has 0 aromatic heterocycles. The van der Waals surface area contributed by atoms with Crippen LogP contribution in [0.4, 0.5) is 4.39 Å². The number of carboxylic acids is 1. The molecule has 5 heteroatoms. The number of nitrogens with one attached hydrogen (secondary N) is 1. The summed E-state index contributed by atoms with van der Waals surface area (Å²) in [5.41, 5.74) is -3.01. The molecule has 0 saturated carbocycles. The van der Waals surface area contributed by atoms with E-state index < -0.39 is 17.1 Å². The maximum Gasteiger partial charge on any atom is 0.343 e. The number of aliphatic carboxylic acids is 1. The van der Waals surface area contributed by atoms with Crippen LogP contribution in [-0.2, 0) is 9.53 Å². The zero-order chi connectivity index (χ0) is 10.2. The van der Waals surface area contributed by atoms with Crippen molar-refractivity contribution >= 4 is 5.97 Å². The molecule has 0 aliphatic carbocycles. The van der Waals surface area contributed by atoms with Crippen molar-refractivity contribution in [3.8, 4) is 0 Å². The third kappa shape index (κ3) is 1.15. The topological polar surface area (TPSA) is 58.6 Å². The Morgan fingerprint density at radius 1 is 1.50 bits per heavy atom. The van der Waals surface area contributed by atoms with Gasteiger partial charge in [0.25, 0.3) is 0 Å². The minimum absolute atomic E-state index is 0.105. The van der Waals surface area contributed by atoms with Crippen molar-refractivity contribution in [2.24, 2.45) is 5.41 Å². The first kappa shape index (κ1) is 9.86. The fourth-order valence-electron chi connectivity index (χ4n) is 2.41. The lowest BCUT2D eigenvalue weighted by Gasteiger charge is -2.39. The summed E-state index contributed by atoms with van der Waals surface area (Å²) in [7, 11) is 0. The standard InChI is InChI=1S/C9H14FNO3/c10-9(7(12)13)5-11-4-8(9)2-1-3-14-6-8/h11H,1-6H2,(H,12,13). The van der Waals surface area contributed by atoms with Gasteiger partial charge in [0.1, 0.15) is 0 Å². The molecule has 0 aromatic carbocycles. The van der Waals surface area contributed by atoms with Gasteiger partial charge in [-0.2, -0.15) is 0 Å². The van der Waals surface area contributed by atoms with Gasteiger partial charge in [-0.15, -0.1) is 0 Å². The third-order valence-corrected chi connectivity index (χ3v) is 3.33. The van der Waals surface area contributed by atoms with Gasteiger partial charge in [-0.05, 0) is 12.8 Å². The Balaban J connectivity index is 2.27. The zero-order valence-electron chi connectivity index (χ0n) is 7.88. The van der Waals surface area contributed by atoms with Gasteiger partial charge < -0.3 is 15.2 Å². The second-order valence-electron chi connectivity index (χ2n) is 4.15. The van der Waals surface area contributed by atoms with Gasteiger partial charge >= 0.3 is 5.97 Å². The summed E-state index contributed by atoms with van der Waals surface area (Å²) < 4.78 is 19.4. The van der Waals surface area contributed by atoms with Gasteiger partial charge in [0.05, 0.1) is 12.0 Å². The van der Waals surface area contributed by atoms with Gasteiger partial charge in [-0.25, -0.2) is 9.18 Å². The normalized spacial score (nSPS) is 42.9. The van der Waals surface area contributed by atoms with Crippen LogP contribution >= 0.6 is 0 Å². The van der Waals surface area contributed by atoms with Crippen LogP contribution in [0.5, 0.6) is 0 Å². The van der Waals surface area contributed by atoms with E-state index in [1.54, 1.807) is 0 Å². The Bertz CT molecular complexity index is 252. The summed E-state index contributed by atoms with van der Waals surface area (Å²) in [5, 5.41) is 11.7. The van der Waals surface area contributed by atoms with Crippen molar-refractivity contribution in [3.63, 3.8) is 0 Å². The molecule has 0 aromatic rings. The van der Waals surface area contributed by atoms with E-state index in [-0.39, 0.29) is 13.2 Å². The van der Waals surface area contributed by atoms with Gasteiger partial charge in [0, 0.05) is 19.7 Å². The molecule has 1 spiro atoms. The molecule has 2 atom stereocenters. The van der Waals surface area contributed by atoms with Crippen LogP contribution in [0.15, 0.2) is 0 Å². The smallest absolute Gasteiger partial charge is 0.343 e. The third-order valence-electron chi connectivity index (χ3n) is 3.33. The van der Waals surface area contributed by atoms with E-state index in [9.17, 15) is 9.18 Å². The number of carboxylic acid groups (broad SMARTS) is 1. The quantitative estimate of drug-likeness (QED) is 0.638. The van der Waals surface area contributed by atoms with Crippen molar-refractivity contribution in [2.45, 2.75) is 18.5 Å². The molecule has 14 heavy (non-hydrogen) atoms. The zero-order valence-corrected chi connectivity index (χ0v) is 7.88. The van der Waals surface area contributed by atoms with Crippen LogP contribution in [-0.4, -0.2) is 43.0 Å². The molecule has 2 saturated heterocycles. The Hall–Kier alpha value is -0.680. The average molecular weight is 203 g/mol. The number of halogens is 1. The first-order valence-electron chi connectivity index (χ1n) is 4.82. The Kier molecular flexibility index (Phi) is 2.23. The highest BCUT2D eigenvalue weighted by molar-refractivity contribution is 5.79. The van der Waals surface area contributed by atoms with E-state index in [0.29, 0.717) is 19.6 Å². The molecular weight excluding hydrogens is 189 g/mol. The van der Waals surface area contributed by atoms with E-state index >= 15 is 0 Å². The molecule has 0 amide bonds. The Labute approximate surface area is 81.4 Å². The van der Waals surface area contributed by atoms with Crippen LogP contribution in [0.1, 0.15) is 12.8 Å². The minimum Gasteiger partial charge on any atom is -0.479 e. The summed E-state index contributed by atoms with van der Waals surface area (Å²) in [4.78, 5) is 10.9. The highest BCUT2D eigenvalue weighted by Crippen LogP contribution is 2.44. The number of alkyl halides is 1. The largest absolute Gasteiger partial charge is 0.479 e. The van der Waals surface area contributed by atoms with E-state index in [1.165, 1.54) is 0 Å². The summed E-state index contributed by atoms with van der Waals surface area (Å²) in [5.74, 6) is -1.37. The molecule has 4 nitrogen and oxygen atoms in total. The fraction of sp³-hybridized carbons (Fsp3) is 0.889. The predicted octanol–water partition coefficient (Wildman–Crippen LogP) is 0.179. The fourth-order valence-corrected chi connectivity index (χ4v) is 2.41. The first-order valence-corrected chi connectivity index (χ1v) is 4.82. The van der Waals surface area contributed by atoms with Crippen molar-refractivity contribution in [1.29, 1.82) is 0 Å². The van der Waals surface area contributed by atoms with Crippen LogP contribution < -0.4 is 5.32 Å². The lowest BCUT2D eigenvalue weighted by Crippen LogP contribution is -2.54.